The Morgan fingerprint density at radius 2 is 0.750 bits per heavy atom. The molecule has 2 aromatic rings. The van der Waals surface area contributed by atoms with E-state index in [1.54, 1.807) is 0 Å². The molecule has 0 radical (unpaired) electrons. The van der Waals surface area contributed by atoms with Crippen LogP contribution in [0.1, 0.15) is 116 Å². The van der Waals surface area contributed by atoms with Crippen LogP contribution in [-0.2, 0) is 34.5 Å². The van der Waals surface area contributed by atoms with Gasteiger partial charge >= 0.3 is 0 Å². The van der Waals surface area contributed by atoms with Gasteiger partial charge in [0.15, 0.2) is 0 Å². The zero-order valence-electron chi connectivity index (χ0n) is 24.1. The van der Waals surface area contributed by atoms with E-state index >= 15 is 0 Å². The van der Waals surface area contributed by atoms with Crippen molar-refractivity contribution in [1.82, 2.24) is 0 Å². The molecule has 0 unspecified atom stereocenters. The summed E-state index contributed by atoms with van der Waals surface area (Å²) in [7, 11) is 0. The topological polar surface area (TPSA) is 0 Å². The van der Waals surface area contributed by atoms with Crippen molar-refractivity contribution in [2.75, 3.05) is 0 Å². The molecular weight excluding hydrogens is 564 g/mol. The quantitative estimate of drug-likeness (QED) is 0.296. The van der Waals surface area contributed by atoms with E-state index in [2.05, 4.69) is 107 Å². The van der Waals surface area contributed by atoms with Crippen LogP contribution in [0.5, 0.6) is 0 Å². The molecule has 0 aliphatic rings. The van der Waals surface area contributed by atoms with E-state index in [-0.39, 0.29) is 21.7 Å². The van der Waals surface area contributed by atoms with Crippen molar-refractivity contribution in [3.05, 3.63) is 57.6 Å². The summed E-state index contributed by atoms with van der Waals surface area (Å²) in [5.41, 5.74) is 7.51. The highest BCUT2D eigenvalue weighted by Gasteiger charge is 2.30. The molecule has 6 heteroatoms. The SMILES string of the molecule is CC(C)(C)c1cc(CCc2cc(C(C)(C)C)cc(C(C)(C)C)c2P(Cl)Cl)c(P(Cl)Cl)c(C(C)(C)C)c1. The molecule has 0 atom stereocenters. The van der Waals surface area contributed by atoms with Gasteiger partial charge in [-0.1, -0.05) is 152 Å². The zero-order valence-corrected chi connectivity index (χ0v) is 28.9. The fraction of sp³-hybridized carbons (Fsp3) is 0.600. The third-order valence-corrected chi connectivity index (χ3v) is 10.5. The van der Waals surface area contributed by atoms with Gasteiger partial charge in [0.2, 0.25) is 0 Å². The molecule has 0 saturated heterocycles. The van der Waals surface area contributed by atoms with Crippen LogP contribution in [-0.4, -0.2) is 0 Å². The first-order valence-corrected chi connectivity index (χ1v) is 18.9. The van der Waals surface area contributed by atoms with Crippen molar-refractivity contribution in [3.63, 3.8) is 0 Å². The van der Waals surface area contributed by atoms with Crippen molar-refractivity contribution in [1.29, 1.82) is 0 Å². The number of halogens is 4. The standard InChI is InChI=1S/C30H44Cl4P2/c1-27(2,3)21-15-19(25(35(31)32)23(17-21)29(7,8)9)13-14-20-16-22(28(4,5)6)18-24(30(10,11)12)26(20)36(33)34/h15-18H,13-14H2,1-12H3. The molecule has 0 fully saturated rings. The minimum absolute atomic E-state index is 0.0198. The Labute approximate surface area is 242 Å². The average Bonchev–Trinajstić information content (AvgIpc) is 2.67. The van der Waals surface area contributed by atoms with Crippen molar-refractivity contribution in [3.8, 4) is 0 Å². The van der Waals surface area contributed by atoms with Gasteiger partial charge in [-0.2, -0.15) is 0 Å². The molecule has 2 aromatic carbocycles. The van der Waals surface area contributed by atoms with Gasteiger partial charge in [-0.05, 0) is 67.9 Å². The van der Waals surface area contributed by atoms with E-state index in [9.17, 15) is 0 Å². The van der Waals surface area contributed by atoms with Gasteiger partial charge in [0, 0.05) is 10.6 Å². The molecule has 0 N–H and O–H groups in total. The number of hydrogen-bond donors (Lipinski definition) is 0. The van der Waals surface area contributed by atoms with Crippen LogP contribution in [0.2, 0.25) is 0 Å². The lowest BCUT2D eigenvalue weighted by Crippen LogP contribution is -2.28. The normalized spacial score (nSPS) is 13.7. The molecule has 0 aliphatic heterocycles. The average molecular weight is 608 g/mol. The second kappa shape index (κ2) is 11.5. The van der Waals surface area contributed by atoms with Gasteiger partial charge in [-0.25, -0.2) is 0 Å². The first-order valence-electron chi connectivity index (χ1n) is 12.6. The van der Waals surface area contributed by atoms with E-state index in [0.29, 0.717) is 0 Å². The summed E-state index contributed by atoms with van der Waals surface area (Å²) < 4.78 is 0. The van der Waals surface area contributed by atoms with E-state index in [4.69, 9.17) is 45.0 Å². The van der Waals surface area contributed by atoms with Gasteiger partial charge in [-0.3, -0.25) is 0 Å². The maximum Gasteiger partial charge on any atom is 0.117 e. The monoisotopic (exact) mass is 606 g/mol. The molecule has 0 aliphatic carbocycles. The molecule has 0 aromatic heterocycles. The maximum absolute atomic E-state index is 6.71. The Morgan fingerprint density at radius 3 is 0.944 bits per heavy atom. The summed E-state index contributed by atoms with van der Waals surface area (Å²) in [6, 6.07) is 9.29. The molecular formula is C30H44Cl4P2. The second-order valence-corrected chi connectivity index (χ2v) is 20.9. The fourth-order valence-corrected chi connectivity index (χ4v) is 8.79. The van der Waals surface area contributed by atoms with Gasteiger partial charge < -0.3 is 0 Å². The molecule has 36 heavy (non-hydrogen) atoms. The molecule has 0 heterocycles. The Morgan fingerprint density at radius 1 is 0.472 bits per heavy atom. The van der Waals surface area contributed by atoms with Crippen molar-refractivity contribution in [2.45, 2.75) is 118 Å². The summed E-state index contributed by atoms with van der Waals surface area (Å²) in [5.74, 6) is 0. The number of hydrogen-bond acceptors (Lipinski definition) is 0. The first kappa shape index (κ1) is 32.7. The predicted octanol–water partition coefficient (Wildman–Crippen LogP) is 11.5. The molecule has 0 bridgehead atoms. The smallest absolute Gasteiger partial charge is 0.0727 e. The zero-order chi connectivity index (χ0) is 28.0. The third kappa shape index (κ3) is 8.00. The van der Waals surface area contributed by atoms with Gasteiger partial charge in [0.1, 0.15) is 13.3 Å². The van der Waals surface area contributed by atoms with Crippen LogP contribution in [0, 0.1) is 0 Å². The molecule has 2 rings (SSSR count). The first-order chi connectivity index (χ1) is 16.0. The Bertz CT molecular complexity index is 989. The lowest BCUT2D eigenvalue weighted by molar-refractivity contribution is 0.568. The number of benzene rings is 2. The molecule has 0 amide bonds. The third-order valence-electron chi connectivity index (χ3n) is 6.73. The predicted molar refractivity (Wildman–Crippen MR) is 172 cm³/mol. The minimum Gasteiger partial charge on any atom is -0.0727 e. The Balaban J connectivity index is 2.78. The highest BCUT2D eigenvalue weighted by Crippen LogP contribution is 2.51. The van der Waals surface area contributed by atoms with E-state index < -0.39 is 13.3 Å². The van der Waals surface area contributed by atoms with E-state index in [0.717, 1.165) is 23.5 Å². The summed E-state index contributed by atoms with van der Waals surface area (Å²) in [6.07, 6.45) is 1.67. The van der Waals surface area contributed by atoms with Crippen molar-refractivity contribution in [2.24, 2.45) is 0 Å². The van der Waals surface area contributed by atoms with Gasteiger partial charge in [-0.15, -0.1) is 0 Å². The molecule has 202 valence electrons. The van der Waals surface area contributed by atoms with Crippen LogP contribution in [0.25, 0.3) is 0 Å². The molecule has 0 nitrogen and oxygen atoms in total. The van der Waals surface area contributed by atoms with Gasteiger partial charge in [0.25, 0.3) is 0 Å². The minimum atomic E-state index is -1.30. The lowest BCUT2D eigenvalue weighted by Gasteiger charge is -2.31. The van der Waals surface area contributed by atoms with Crippen LogP contribution in [0.3, 0.4) is 0 Å². The largest absolute Gasteiger partial charge is 0.117 e. The highest BCUT2D eigenvalue weighted by atomic mass is 35.9. The highest BCUT2D eigenvalue weighted by molar-refractivity contribution is 8.09. The maximum atomic E-state index is 6.71. The fourth-order valence-electron chi connectivity index (χ4n) is 4.45. The van der Waals surface area contributed by atoms with Crippen LogP contribution < -0.4 is 10.6 Å². The lowest BCUT2D eigenvalue weighted by atomic mass is 9.78. The summed E-state index contributed by atoms with van der Waals surface area (Å²) in [4.78, 5) is 0. The summed E-state index contributed by atoms with van der Waals surface area (Å²) in [5, 5.41) is 2.22. The number of aryl methyl sites for hydroxylation is 2. The molecule has 0 spiro atoms. The summed E-state index contributed by atoms with van der Waals surface area (Å²) in [6.45, 7) is 24.4. The van der Waals surface area contributed by atoms with E-state index in [1.165, 1.54) is 33.4 Å². The van der Waals surface area contributed by atoms with Crippen LogP contribution in [0.4, 0.5) is 0 Å². The Hall–Kier alpha value is 0.460. The van der Waals surface area contributed by atoms with Crippen LogP contribution >= 0.6 is 58.2 Å². The van der Waals surface area contributed by atoms with Crippen molar-refractivity contribution < 1.29 is 0 Å². The number of rotatable bonds is 5. The van der Waals surface area contributed by atoms with Crippen molar-refractivity contribution >= 4 is 68.8 Å². The molecule has 0 saturated carbocycles. The summed E-state index contributed by atoms with van der Waals surface area (Å²) >= 11 is 26.8. The van der Waals surface area contributed by atoms with Gasteiger partial charge in [0.05, 0.1) is 0 Å². The van der Waals surface area contributed by atoms with Crippen LogP contribution in [0.15, 0.2) is 24.3 Å². The Kier molecular flexibility index (Phi) is 10.5. The van der Waals surface area contributed by atoms with E-state index in [1.807, 2.05) is 0 Å². The second-order valence-electron chi connectivity index (χ2n) is 14.0.